The molecule has 1 amide bonds. The molecule has 1 N–H and O–H groups in total. The molecule has 0 saturated heterocycles. The number of anilines is 1. The standard InChI is InChI=1S/C29H25NO6/c1-3-34-22-15-14-20(17-23(22)35-4-2)30-26(18-10-6-5-7-11-18)25(28(32)29(30)33)27(31)24-16-19-12-8-9-13-21(19)36-24/h5-17,26,32H,3-4H2,1-2H3. The van der Waals surface area contributed by atoms with Gasteiger partial charge in [0.2, 0.25) is 5.78 Å². The number of benzene rings is 3. The molecule has 0 radical (unpaired) electrons. The van der Waals surface area contributed by atoms with Gasteiger partial charge in [-0.25, -0.2) is 0 Å². The van der Waals surface area contributed by atoms with Crippen LogP contribution in [0.3, 0.4) is 0 Å². The van der Waals surface area contributed by atoms with Gasteiger partial charge in [0.1, 0.15) is 5.58 Å². The number of carbonyl (C=O) groups is 2. The smallest absolute Gasteiger partial charge is 0.294 e. The number of aliphatic hydroxyl groups excluding tert-OH is 1. The summed E-state index contributed by atoms with van der Waals surface area (Å²) >= 11 is 0. The number of furan rings is 1. The minimum Gasteiger partial charge on any atom is -0.503 e. The lowest BCUT2D eigenvalue weighted by molar-refractivity contribution is -0.117. The van der Waals surface area contributed by atoms with E-state index in [0.717, 1.165) is 5.39 Å². The molecule has 5 rings (SSSR count). The van der Waals surface area contributed by atoms with E-state index in [-0.39, 0.29) is 11.3 Å². The van der Waals surface area contributed by atoms with E-state index in [2.05, 4.69) is 0 Å². The third-order valence-electron chi connectivity index (χ3n) is 6.02. The molecule has 0 saturated carbocycles. The lowest BCUT2D eigenvalue weighted by Gasteiger charge is -2.27. The molecule has 0 aliphatic carbocycles. The largest absolute Gasteiger partial charge is 0.503 e. The number of para-hydroxylation sites is 1. The molecule has 0 spiro atoms. The molecule has 36 heavy (non-hydrogen) atoms. The van der Waals surface area contributed by atoms with Gasteiger partial charge in [-0.2, -0.15) is 0 Å². The summed E-state index contributed by atoms with van der Waals surface area (Å²) in [5, 5.41) is 11.8. The van der Waals surface area contributed by atoms with Gasteiger partial charge in [-0.3, -0.25) is 14.5 Å². The van der Waals surface area contributed by atoms with E-state index < -0.39 is 23.5 Å². The highest BCUT2D eigenvalue weighted by atomic mass is 16.5. The van der Waals surface area contributed by atoms with Gasteiger partial charge < -0.3 is 19.0 Å². The quantitative estimate of drug-likeness (QED) is 0.309. The number of hydrogen-bond acceptors (Lipinski definition) is 6. The first-order chi connectivity index (χ1) is 17.5. The molecule has 1 aliphatic heterocycles. The SMILES string of the molecule is CCOc1ccc(N2C(=O)C(O)=C(C(=O)c3cc4ccccc4o3)C2c2ccccc2)cc1OCC. The fraction of sp³-hybridized carbons (Fsp3) is 0.172. The highest BCUT2D eigenvalue weighted by molar-refractivity contribution is 6.20. The zero-order valence-corrected chi connectivity index (χ0v) is 19.9. The molecule has 1 aromatic heterocycles. The second-order valence-corrected chi connectivity index (χ2v) is 8.23. The van der Waals surface area contributed by atoms with Crippen LogP contribution in [0.2, 0.25) is 0 Å². The van der Waals surface area contributed by atoms with Crippen LogP contribution in [0.25, 0.3) is 11.0 Å². The number of rotatable bonds is 8. The molecule has 1 aliphatic rings. The predicted molar refractivity (Wildman–Crippen MR) is 136 cm³/mol. The Morgan fingerprint density at radius 1 is 0.917 bits per heavy atom. The fourth-order valence-corrected chi connectivity index (χ4v) is 4.47. The Labute approximate surface area is 208 Å². The van der Waals surface area contributed by atoms with Crippen molar-refractivity contribution in [1.29, 1.82) is 0 Å². The van der Waals surface area contributed by atoms with Gasteiger partial charge in [0, 0.05) is 17.1 Å². The molecule has 0 bridgehead atoms. The summed E-state index contributed by atoms with van der Waals surface area (Å²) in [6.07, 6.45) is 0. The molecule has 2 heterocycles. The van der Waals surface area contributed by atoms with Crippen molar-refractivity contribution in [1.82, 2.24) is 0 Å². The monoisotopic (exact) mass is 483 g/mol. The van der Waals surface area contributed by atoms with Crippen molar-refractivity contribution in [2.24, 2.45) is 0 Å². The number of nitrogens with zero attached hydrogens (tertiary/aromatic N) is 1. The van der Waals surface area contributed by atoms with Gasteiger partial charge >= 0.3 is 0 Å². The molecular weight excluding hydrogens is 458 g/mol. The summed E-state index contributed by atoms with van der Waals surface area (Å²) < 4.78 is 17.2. The van der Waals surface area contributed by atoms with Gasteiger partial charge in [-0.05, 0) is 43.7 Å². The van der Waals surface area contributed by atoms with Gasteiger partial charge in [-0.15, -0.1) is 0 Å². The van der Waals surface area contributed by atoms with Crippen molar-refractivity contribution in [3.8, 4) is 11.5 Å². The molecule has 7 heteroatoms. The average molecular weight is 484 g/mol. The number of Topliss-reactive ketones (excluding diaryl/α,β-unsaturated/α-hetero) is 1. The van der Waals surface area contributed by atoms with Crippen molar-refractivity contribution in [2.45, 2.75) is 19.9 Å². The van der Waals surface area contributed by atoms with E-state index in [0.29, 0.717) is 41.5 Å². The average Bonchev–Trinajstić information content (AvgIpc) is 3.45. The first kappa shape index (κ1) is 23.2. The molecule has 7 nitrogen and oxygen atoms in total. The molecule has 4 aromatic rings. The van der Waals surface area contributed by atoms with E-state index in [4.69, 9.17) is 13.9 Å². The Hall–Kier alpha value is -4.52. The predicted octanol–water partition coefficient (Wildman–Crippen LogP) is 6.01. The maximum atomic E-state index is 13.7. The molecule has 1 unspecified atom stereocenters. The van der Waals surface area contributed by atoms with Crippen LogP contribution < -0.4 is 14.4 Å². The van der Waals surface area contributed by atoms with Crippen molar-refractivity contribution in [2.75, 3.05) is 18.1 Å². The summed E-state index contributed by atoms with van der Waals surface area (Å²) in [4.78, 5) is 28.6. The van der Waals surface area contributed by atoms with E-state index in [1.165, 1.54) is 4.90 Å². The summed E-state index contributed by atoms with van der Waals surface area (Å²) in [5.74, 6) is -0.787. The summed E-state index contributed by atoms with van der Waals surface area (Å²) in [5.41, 5.74) is 1.63. The first-order valence-corrected chi connectivity index (χ1v) is 11.8. The maximum Gasteiger partial charge on any atom is 0.294 e. The summed E-state index contributed by atoms with van der Waals surface area (Å²) in [6, 6.07) is 22.2. The Kier molecular flexibility index (Phi) is 6.21. The van der Waals surface area contributed by atoms with Crippen molar-refractivity contribution >= 4 is 28.3 Å². The van der Waals surface area contributed by atoms with Crippen LogP contribution >= 0.6 is 0 Å². The van der Waals surface area contributed by atoms with Crippen LogP contribution in [0.1, 0.15) is 36.0 Å². The number of carbonyl (C=O) groups excluding carboxylic acids is 2. The minimum atomic E-state index is -0.869. The van der Waals surface area contributed by atoms with Crippen molar-refractivity contribution in [3.63, 3.8) is 0 Å². The minimum absolute atomic E-state index is 0.0444. The van der Waals surface area contributed by atoms with Crippen molar-refractivity contribution < 1.29 is 28.6 Å². The van der Waals surface area contributed by atoms with Gasteiger partial charge in [0.15, 0.2) is 23.0 Å². The topological polar surface area (TPSA) is 89.2 Å². The van der Waals surface area contributed by atoms with Crippen LogP contribution in [0.15, 0.2) is 94.6 Å². The zero-order valence-electron chi connectivity index (χ0n) is 19.9. The normalized spacial score (nSPS) is 15.6. The molecule has 182 valence electrons. The Bertz CT molecular complexity index is 1440. The fourth-order valence-electron chi connectivity index (χ4n) is 4.47. The number of fused-ring (bicyclic) bond motifs is 1. The Morgan fingerprint density at radius 3 is 2.33 bits per heavy atom. The van der Waals surface area contributed by atoms with Gasteiger partial charge in [0.05, 0.1) is 24.8 Å². The van der Waals surface area contributed by atoms with E-state index >= 15 is 0 Å². The summed E-state index contributed by atoms with van der Waals surface area (Å²) in [7, 11) is 0. The van der Waals surface area contributed by atoms with E-state index in [1.54, 1.807) is 30.3 Å². The van der Waals surface area contributed by atoms with Crippen LogP contribution in [-0.4, -0.2) is 30.0 Å². The molecular formula is C29H25NO6. The van der Waals surface area contributed by atoms with Crippen LogP contribution in [0, 0.1) is 0 Å². The lowest BCUT2D eigenvalue weighted by atomic mass is 9.94. The number of amides is 1. The number of aliphatic hydroxyl groups is 1. The molecule has 0 fully saturated rings. The first-order valence-electron chi connectivity index (χ1n) is 11.8. The van der Waals surface area contributed by atoms with Crippen LogP contribution in [-0.2, 0) is 4.79 Å². The third kappa shape index (κ3) is 3.98. The third-order valence-corrected chi connectivity index (χ3v) is 6.02. The second kappa shape index (κ2) is 9.62. The molecule has 3 aromatic carbocycles. The maximum absolute atomic E-state index is 13.7. The summed E-state index contributed by atoms with van der Waals surface area (Å²) in [6.45, 7) is 4.58. The number of ketones is 1. The zero-order chi connectivity index (χ0) is 25.2. The highest BCUT2D eigenvalue weighted by Crippen LogP contribution is 2.44. The van der Waals surface area contributed by atoms with Crippen molar-refractivity contribution in [3.05, 3.63) is 102 Å². The number of ether oxygens (including phenoxy) is 2. The van der Waals surface area contributed by atoms with Gasteiger partial charge in [-0.1, -0.05) is 48.5 Å². The Morgan fingerprint density at radius 2 is 1.61 bits per heavy atom. The van der Waals surface area contributed by atoms with Crippen LogP contribution in [0.4, 0.5) is 5.69 Å². The number of hydrogen-bond donors (Lipinski definition) is 1. The van der Waals surface area contributed by atoms with E-state index in [1.807, 2.05) is 62.4 Å². The highest BCUT2D eigenvalue weighted by Gasteiger charge is 2.45. The second-order valence-electron chi connectivity index (χ2n) is 8.23. The Balaban J connectivity index is 1.63. The molecule has 1 atom stereocenters. The van der Waals surface area contributed by atoms with Crippen LogP contribution in [0.5, 0.6) is 11.5 Å². The lowest BCUT2D eigenvalue weighted by Crippen LogP contribution is -2.31. The van der Waals surface area contributed by atoms with Gasteiger partial charge in [0.25, 0.3) is 5.91 Å². The van der Waals surface area contributed by atoms with E-state index in [9.17, 15) is 14.7 Å².